The van der Waals surface area contributed by atoms with Crippen molar-refractivity contribution in [1.82, 2.24) is 0 Å². The van der Waals surface area contributed by atoms with Gasteiger partial charge in [-0.15, -0.1) is 0 Å². The average Bonchev–Trinajstić information content (AvgIpc) is 1.90. The topological polar surface area (TPSA) is 0 Å². The molecule has 0 unspecified atom stereocenters. The van der Waals surface area contributed by atoms with Crippen LogP contribution in [0.25, 0.3) is 0 Å². The third kappa shape index (κ3) is 9.80. The minimum atomic E-state index is 0. The number of halogens is 2. The van der Waals surface area contributed by atoms with Gasteiger partial charge in [0.25, 0.3) is 0 Å². The third-order valence-electron chi connectivity index (χ3n) is 1.04. The van der Waals surface area contributed by atoms with Crippen LogP contribution in [0.2, 0.25) is 0 Å². The first-order valence-electron chi connectivity index (χ1n) is 2.68. The van der Waals surface area contributed by atoms with Gasteiger partial charge in [-0.1, -0.05) is 0 Å². The molecule has 0 radical (unpaired) electrons. The van der Waals surface area contributed by atoms with Gasteiger partial charge in [0.2, 0.25) is 0 Å². The van der Waals surface area contributed by atoms with Crippen LogP contribution in [0.15, 0.2) is 24.3 Å². The Hall–Kier alpha value is 1.71. The molecule has 0 nitrogen and oxygen atoms in total. The van der Waals surface area contributed by atoms with Crippen LogP contribution in [0.4, 0.5) is 0 Å². The van der Waals surface area contributed by atoms with Gasteiger partial charge >= 0.3 is 46.1 Å². The van der Waals surface area contributed by atoms with E-state index in [4.69, 9.17) is 0 Å². The monoisotopic (exact) mass is 310 g/mol. The van der Waals surface area contributed by atoms with Crippen LogP contribution in [0, 0.1) is 13.0 Å². The van der Waals surface area contributed by atoms with Gasteiger partial charge in [0, 0.05) is 0 Å². The summed E-state index contributed by atoms with van der Waals surface area (Å²) in [5, 5.41) is 0. The van der Waals surface area contributed by atoms with E-state index in [0.29, 0.717) is 0 Å². The summed E-state index contributed by atoms with van der Waals surface area (Å²) in [6, 6.07) is 10.9. The molecule has 0 aliphatic rings. The molecular formula is C8H8Br2Mg2. The summed E-state index contributed by atoms with van der Waals surface area (Å²) in [5.41, 5.74) is 1.17. The predicted octanol–water partition coefficient (Wildman–Crippen LogP) is -4.89. The van der Waals surface area contributed by atoms with E-state index in [1.807, 2.05) is 24.3 Å². The molecular weight excluding hydrogens is 305 g/mol. The second-order valence-electron chi connectivity index (χ2n) is 1.64. The van der Waals surface area contributed by atoms with E-state index >= 15 is 0 Å². The fraction of sp³-hybridized carbons (Fsp3) is 0.125. The van der Waals surface area contributed by atoms with Crippen molar-refractivity contribution >= 4 is 46.1 Å². The maximum Gasteiger partial charge on any atom is 2.00 e. The van der Waals surface area contributed by atoms with Crippen molar-refractivity contribution in [3.63, 3.8) is 0 Å². The van der Waals surface area contributed by atoms with E-state index in [1.165, 1.54) is 5.56 Å². The summed E-state index contributed by atoms with van der Waals surface area (Å²) in [6.45, 7) is 3.72. The van der Waals surface area contributed by atoms with Crippen molar-refractivity contribution in [3.05, 3.63) is 42.8 Å². The standard InChI is InChI=1S/C8H8.2BrH.2Mg/c1-2-8-6-4-3-5-7-8;;;;/h3-6H,1-2H2;2*1H;;/q-2;;;2*+2/p-2. The first-order valence-corrected chi connectivity index (χ1v) is 2.68. The van der Waals surface area contributed by atoms with Gasteiger partial charge in [-0.3, -0.25) is 0 Å². The molecule has 1 rings (SSSR count). The largest absolute Gasteiger partial charge is 2.00 e. The van der Waals surface area contributed by atoms with Crippen molar-refractivity contribution in [1.29, 1.82) is 0 Å². The molecule has 0 heterocycles. The quantitative estimate of drug-likeness (QED) is 0.360. The zero-order chi connectivity index (χ0) is 5.82. The van der Waals surface area contributed by atoms with E-state index in [-0.39, 0.29) is 80.1 Å². The van der Waals surface area contributed by atoms with Crippen molar-refractivity contribution in [2.24, 2.45) is 0 Å². The summed E-state index contributed by atoms with van der Waals surface area (Å²) < 4.78 is 0. The molecule has 1 aromatic rings. The first kappa shape index (κ1) is 23.5. The zero-order valence-electron chi connectivity index (χ0n) is 6.89. The van der Waals surface area contributed by atoms with Crippen molar-refractivity contribution in [2.75, 3.05) is 0 Å². The minimum Gasteiger partial charge on any atom is -1.00 e. The van der Waals surface area contributed by atoms with Gasteiger partial charge in [-0.25, -0.2) is 0 Å². The van der Waals surface area contributed by atoms with E-state index in [0.717, 1.165) is 6.42 Å². The maximum atomic E-state index is 3.72. The molecule has 0 aliphatic carbocycles. The van der Waals surface area contributed by atoms with Crippen LogP contribution in [0.3, 0.4) is 0 Å². The molecule has 0 saturated carbocycles. The van der Waals surface area contributed by atoms with Crippen LogP contribution in [0.5, 0.6) is 0 Å². The van der Waals surface area contributed by atoms with E-state index in [9.17, 15) is 0 Å². The van der Waals surface area contributed by atoms with Gasteiger partial charge in [0.15, 0.2) is 0 Å². The fourth-order valence-electron chi connectivity index (χ4n) is 0.586. The van der Waals surface area contributed by atoms with Crippen LogP contribution in [-0.4, -0.2) is 46.1 Å². The Bertz CT molecular complexity index is 156. The van der Waals surface area contributed by atoms with Crippen molar-refractivity contribution in [3.8, 4) is 0 Å². The molecule has 0 fully saturated rings. The van der Waals surface area contributed by atoms with Gasteiger partial charge in [-0.2, -0.15) is 42.3 Å². The molecule has 0 spiro atoms. The second kappa shape index (κ2) is 15.2. The van der Waals surface area contributed by atoms with E-state index < -0.39 is 0 Å². The van der Waals surface area contributed by atoms with Gasteiger partial charge < -0.3 is 40.9 Å². The van der Waals surface area contributed by atoms with Crippen LogP contribution in [-0.2, 0) is 6.42 Å². The Morgan fingerprint density at radius 3 is 2.00 bits per heavy atom. The van der Waals surface area contributed by atoms with Gasteiger partial charge in [0.05, 0.1) is 0 Å². The van der Waals surface area contributed by atoms with E-state index in [2.05, 4.69) is 13.0 Å². The maximum absolute atomic E-state index is 3.72. The number of hydrogen-bond donors (Lipinski definition) is 0. The number of hydrogen-bond acceptors (Lipinski definition) is 0. The Labute approximate surface area is 128 Å². The molecule has 0 saturated heterocycles. The Morgan fingerprint density at radius 2 is 1.75 bits per heavy atom. The molecule has 0 aliphatic heterocycles. The van der Waals surface area contributed by atoms with E-state index in [1.54, 1.807) is 0 Å². The van der Waals surface area contributed by atoms with Gasteiger partial charge in [-0.05, 0) is 0 Å². The minimum absolute atomic E-state index is 0. The van der Waals surface area contributed by atoms with Crippen molar-refractivity contribution in [2.45, 2.75) is 6.42 Å². The first-order chi connectivity index (χ1) is 3.93. The van der Waals surface area contributed by atoms with Crippen LogP contribution < -0.4 is 34.0 Å². The molecule has 0 amide bonds. The molecule has 1 aromatic carbocycles. The molecule has 0 aromatic heterocycles. The molecule has 12 heavy (non-hydrogen) atoms. The molecule has 4 heteroatoms. The van der Waals surface area contributed by atoms with Gasteiger partial charge in [0.1, 0.15) is 0 Å². The summed E-state index contributed by atoms with van der Waals surface area (Å²) in [6.07, 6.45) is 0.834. The summed E-state index contributed by atoms with van der Waals surface area (Å²) in [5.74, 6) is 0. The Balaban J connectivity index is -0.0000000800. The SMILES string of the molecule is [Br-].[Br-].[CH2-]Cc1[c-]cccc1.[Mg+2].[Mg+2]. The smallest absolute Gasteiger partial charge is 1.00 e. The normalized spacial score (nSPS) is 6.08. The van der Waals surface area contributed by atoms with Crippen LogP contribution >= 0.6 is 0 Å². The third-order valence-corrected chi connectivity index (χ3v) is 1.04. The zero-order valence-corrected chi connectivity index (χ0v) is 12.9. The fourth-order valence-corrected chi connectivity index (χ4v) is 0.586. The predicted molar refractivity (Wildman–Crippen MR) is 45.8 cm³/mol. The number of benzene rings is 1. The molecule has 58 valence electrons. The van der Waals surface area contributed by atoms with Crippen molar-refractivity contribution < 1.29 is 34.0 Å². The number of rotatable bonds is 1. The molecule has 0 atom stereocenters. The Morgan fingerprint density at radius 1 is 1.17 bits per heavy atom. The average molecular weight is 313 g/mol. The Kier molecular flexibility index (Phi) is 29.7. The van der Waals surface area contributed by atoms with Crippen LogP contribution in [0.1, 0.15) is 5.56 Å². The molecule has 0 N–H and O–H groups in total. The molecule has 0 bridgehead atoms. The summed E-state index contributed by atoms with van der Waals surface area (Å²) in [4.78, 5) is 0. The summed E-state index contributed by atoms with van der Waals surface area (Å²) in [7, 11) is 0. The summed E-state index contributed by atoms with van der Waals surface area (Å²) >= 11 is 0. The second-order valence-corrected chi connectivity index (χ2v) is 1.64.